The second-order valence-electron chi connectivity index (χ2n) is 8.84. The number of methoxy groups -OCH3 is 3. The predicted octanol–water partition coefficient (Wildman–Crippen LogP) is 5.92. The van der Waals surface area contributed by atoms with Crippen LogP contribution in [0.3, 0.4) is 0 Å². The highest BCUT2D eigenvalue weighted by atomic mass is 32.1. The maximum atomic E-state index is 13.1. The molecule has 0 spiro atoms. The van der Waals surface area contributed by atoms with E-state index in [0.29, 0.717) is 23.1 Å². The summed E-state index contributed by atoms with van der Waals surface area (Å²) < 4.78 is 22.5. The SMILES string of the molecule is COc1ccc(OC)c(COc2ccc(-c3nc4sc5c(c4c(=O)[nH]3)CCCCCC5)cc2OC)c1. The van der Waals surface area contributed by atoms with Gasteiger partial charge in [0.2, 0.25) is 0 Å². The lowest BCUT2D eigenvalue weighted by atomic mass is 9.98. The van der Waals surface area contributed by atoms with Crippen molar-refractivity contribution in [2.24, 2.45) is 0 Å². The largest absolute Gasteiger partial charge is 0.497 e. The van der Waals surface area contributed by atoms with Crippen LogP contribution in [0.1, 0.15) is 41.7 Å². The van der Waals surface area contributed by atoms with E-state index < -0.39 is 0 Å². The Bertz CT molecular complexity index is 1440. The van der Waals surface area contributed by atoms with Crippen LogP contribution in [0.15, 0.2) is 41.2 Å². The molecule has 1 aliphatic rings. The molecule has 0 bridgehead atoms. The Kier molecular flexibility index (Phi) is 7.13. The quantitative estimate of drug-likeness (QED) is 0.335. The Morgan fingerprint density at radius 2 is 1.67 bits per heavy atom. The van der Waals surface area contributed by atoms with Crippen molar-refractivity contribution in [1.82, 2.24) is 9.97 Å². The van der Waals surface area contributed by atoms with Crippen molar-refractivity contribution in [3.05, 3.63) is 62.8 Å². The molecule has 36 heavy (non-hydrogen) atoms. The fraction of sp³-hybridized carbons (Fsp3) is 0.357. The van der Waals surface area contributed by atoms with Gasteiger partial charge in [0.1, 0.15) is 28.8 Å². The van der Waals surface area contributed by atoms with Crippen molar-refractivity contribution in [3.8, 4) is 34.4 Å². The van der Waals surface area contributed by atoms with E-state index in [1.807, 2.05) is 36.4 Å². The van der Waals surface area contributed by atoms with E-state index in [2.05, 4.69) is 4.98 Å². The van der Waals surface area contributed by atoms with Gasteiger partial charge in [-0.05, 0) is 67.6 Å². The zero-order valence-corrected chi connectivity index (χ0v) is 21.6. The van der Waals surface area contributed by atoms with E-state index in [-0.39, 0.29) is 12.2 Å². The summed E-state index contributed by atoms with van der Waals surface area (Å²) >= 11 is 1.66. The zero-order valence-electron chi connectivity index (χ0n) is 20.8. The molecule has 7 nitrogen and oxygen atoms in total. The fourth-order valence-electron chi connectivity index (χ4n) is 4.74. The molecule has 8 heteroatoms. The first-order valence-electron chi connectivity index (χ1n) is 12.2. The van der Waals surface area contributed by atoms with Crippen LogP contribution in [-0.2, 0) is 19.4 Å². The third kappa shape index (κ3) is 4.78. The molecular formula is C28H30N2O5S. The Morgan fingerprint density at radius 1 is 0.889 bits per heavy atom. The molecule has 0 unspecified atom stereocenters. The van der Waals surface area contributed by atoms with Gasteiger partial charge in [0.25, 0.3) is 5.56 Å². The molecular weight excluding hydrogens is 476 g/mol. The summed E-state index contributed by atoms with van der Waals surface area (Å²) in [7, 11) is 4.84. The number of H-pyrrole nitrogens is 1. The Labute approximate surface area is 214 Å². The Morgan fingerprint density at radius 3 is 2.44 bits per heavy atom. The van der Waals surface area contributed by atoms with E-state index in [1.165, 1.54) is 29.7 Å². The number of hydrogen-bond donors (Lipinski definition) is 1. The van der Waals surface area contributed by atoms with Crippen molar-refractivity contribution in [2.75, 3.05) is 21.3 Å². The molecule has 0 amide bonds. The highest BCUT2D eigenvalue weighted by molar-refractivity contribution is 7.18. The smallest absolute Gasteiger partial charge is 0.260 e. The number of fused-ring (bicyclic) bond motifs is 3. The summed E-state index contributed by atoms with van der Waals surface area (Å²) in [5.74, 6) is 3.10. The van der Waals surface area contributed by atoms with Gasteiger partial charge in [-0.1, -0.05) is 12.8 Å². The van der Waals surface area contributed by atoms with Gasteiger partial charge in [0.15, 0.2) is 11.5 Å². The maximum absolute atomic E-state index is 13.1. The third-order valence-electron chi connectivity index (χ3n) is 6.63. The number of nitrogens with one attached hydrogen (secondary N) is 1. The second-order valence-corrected chi connectivity index (χ2v) is 9.93. The van der Waals surface area contributed by atoms with Crippen LogP contribution in [0.2, 0.25) is 0 Å². The standard InChI is InChI=1S/C28H30N2O5S/c1-32-19-11-13-21(33-2)18(14-19)16-35-22-12-10-17(15-23(22)34-3)26-29-27(31)25-20-8-6-4-5-7-9-24(20)36-28(25)30-26/h10-15H,4-9,16H2,1-3H3,(H,29,30,31). The summed E-state index contributed by atoms with van der Waals surface area (Å²) in [6.07, 6.45) is 6.76. The number of benzene rings is 2. The number of aryl methyl sites for hydroxylation is 2. The van der Waals surface area contributed by atoms with Gasteiger partial charge in [-0.2, -0.15) is 0 Å². The molecule has 2 aromatic carbocycles. The molecule has 0 aliphatic heterocycles. The van der Waals surface area contributed by atoms with Crippen LogP contribution in [0.5, 0.6) is 23.0 Å². The van der Waals surface area contributed by atoms with Crippen LogP contribution >= 0.6 is 11.3 Å². The Balaban J connectivity index is 1.44. The summed E-state index contributed by atoms with van der Waals surface area (Å²) in [5.41, 5.74) is 2.74. The number of ether oxygens (including phenoxy) is 4. The lowest BCUT2D eigenvalue weighted by Crippen LogP contribution is -2.10. The molecule has 2 heterocycles. The minimum atomic E-state index is -0.0718. The predicted molar refractivity (Wildman–Crippen MR) is 142 cm³/mol. The molecule has 0 saturated heterocycles. The van der Waals surface area contributed by atoms with Gasteiger partial charge >= 0.3 is 0 Å². The van der Waals surface area contributed by atoms with E-state index in [4.69, 9.17) is 23.9 Å². The van der Waals surface area contributed by atoms with Crippen molar-refractivity contribution in [1.29, 1.82) is 0 Å². The first-order valence-corrected chi connectivity index (χ1v) is 13.0. The van der Waals surface area contributed by atoms with Crippen LogP contribution in [-0.4, -0.2) is 31.3 Å². The average Bonchev–Trinajstić information content (AvgIpc) is 3.23. The van der Waals surface area contributed by atoms with Crippen LogP contribution < -0.4 is 24.5 Å². The van der Waals surface area contributed by atoms with Crippen LogP contribution in [0.25, 0.3) is 21.6 Å². The van der Waals surface area contributed by atoms with Crippen LogP contribution in [0, 0.1) is 0 Å². The van der Waals surface area contributed by atoms with E-state index in [1.54, 1.807) is 32.7 Å². The number of nitrogens with zero attached hydrogens (tertiary/aromatic N) is 1. The summed E-state index contributed by atoms with van der Waals surface area (Å²) in [6, 6.07) is 11.1. The number of rotatable bonds is 7. The number of aromatic nitrogens is 2. The average molecular weight is 507 g/mol. The minimum Gasteiger partial charge on any atom is -0.497 e. The van der Waals surface area contributed by atoms with Gasteiger partial charge in [-0.3, -0.25) is 4.79 Å². The fourth-order valence-corrected chi connectivity index (χ4v) is 6.00. The lowest BCUT2D eigenvalue weighted by molar-refractivity contribution is 0.277. The first kappa shape index (κ1) is 24.2. The van der Waals surface area contributed by atoms with Crippen LogP contribution in [0.4, 0.5) is 0 Å². The molecule has 1 aliphatic carbocycles. The molecule has 2 aromatic heterocycles. The van der Waals surface area contributed by atoms with E-state index >= 15 is 0 Å². The highest BCUT2D eigenvalue weighted by Crippen LogP contribution is 2.36. The monoisotopic (exact) mass is 506 g/mol. The van der Waals surface area contributed by atoms with Gasteiger partial charge in [-0.25, -0.2) is 4.98 Å². The second kappa shape index (κ2) is 10.6. The van der Waals surface area contributed by atoms with Gasteiger partial charge < -0.3 is 23.9 Å². The number of hydrogen-bond acceptors (Lipinski definition) is 7. The third-order valence-corrected chi connectivity index (χ3v) is 7.82. The molecule has 0 fully saturated rings. The lowest BCUT2D eigenvalue weighted by Gasteiger charge is -2.14. The molecule has 4 aromatic rings. The molecule has 0 atom stereocenters. The molecule has 0 saturated carbocycles. The number of aromatic amines is 1. The minimum absolute atomic E-state index is 0.0718. The topological polar surface area (TPSA) is 82.7 Å². The van der Waals surface area contributed by atoms with Crippen molar-refractivity contribution in [2.45, 2.75) is 45.1 Å². The molecule has 0 radical (unpaired) electrons. The normalized spacial score (nSPS) is 13.5. The molecule has 1 N–H and O–H groups in total. The van der Waals surface area contributed by atoms with Crippen molar-refractivity contribution in [3.63, 3.8) is 0 Å². The molecule has 5 rings (SSSR count). The summed E-state index contributed by atoms with van der Waals surface area (Å²) in [6.45, 7) is 0.276. The van der Waals surface area contributed by atoms with E-state index in [0.717, 1.165) is 46.4 Å². The van der Waals surface area contributed by atoms with E-state index in [9.17, 15) is 4.79 Å². The number of thiophene rings is 1. The molecule has 188 valence electrons. The summed E-state index contributed by atoms with van der Waals surface area (Å²) in [5, 5.41) is 0.764. The zero-order chi connectivity index (χ0) is 25.1. The highest BCUT2D eigenvalue weighted by Gasteiger charge is 2.19. The summed E-state index contributed by atoms with van der Waals surface area (Å²) in [4.78, 5) is 23.1. The Hall–Kier alpha value is -3.52. The van der Waals surface area contributed by atoms with Crippen molar-refractivity contribution < 1.29 is 18.9 Å². The maximum Gasteiger partial charge on any atom is 0.260 e. The van der Waals surface area contributed by atoms with Gasteiger partial charge in [0, 0.05) is 16.0 Å². The van der Waals surface area contributed by atoms with Crippen molar-refractivity contribution >= 4 is 21.6 Å². The first-order chi connectivity index (χ1) is 17.6. The van der Waals surface area contributed by atoms with Gasteiger partial charge in [-0.15, -0.1) is 11.3 Å². The van der Waals surface area contributed by atoms with Gasteiger partial charge in [0.05, 0.1) is 26.7 Å².